The Morgan fingerprint density at radius 3 is 2.44 bits per heavy atom. The van der Waals surface area contributed by atoms with Crippen molar-refractivity contribution in [3.8, 4) is 0 Å². The summed E-state index contributed by atoms with van der Waals surface area (Å²) in [5.74, 6) is 1.17. The highest BCUT2D eigenvalue weighted by Crippen LogP contribution is 2.29. The van der Waals surface area contributed by atoms with Gasteiger partial charge in [-0.25, -0.2) is 0 Å². The van der Waals surface area contributed by atoms with Gasteiger partial charge in [-0.1, -0.05) is 0 Å². The van der Waals surface area contributed by atoms with Gasteiger partial charge in [-0.05, 0) is 25.7 Å². The summed E-state index contributed by atoms with van der Waals surface area (Å²) in [6, 6.07) is -0.0167. The van der Waals surface area contributed by atoms with Crippen LogP contribution in [0.2, 0.25) is 0 Å². The van der Waals surface area contributed by atoms with Crippen molar-refractivity contribution in [3.05, 3.63) is 0 Å². The van der Waals surface area contributed by atoms with Gasteiger partial charge in [0.25, 0.3) is 0 Å². The second kappa shape index (κ2) is 5.15. The van der Waals surface area contributed by atoms with Gasteiger partial charge >= 0.3 is 0 Å². The van der Waals surface area contributed by atoms with Crippen molar-refractivity contribution >= 4 is 5.91 Å². The number of piperazine rings is 1. The molecule has 0 aromatic rings. The predicted octanol–water partition coefficient (Wildman–Crippen LogP) is 0.278. The van der Waals surface area contributed by atoms with E-state index in [4.69, 9.17) is 5.73 Å². The normalized spacial score (nSPS) is 24.5. The van der Waals surface area contributed by atoms with Crippen LogP contribution in [-0.4, -0.2) is 54.5 Å². The number of hydrogen-bond acceptors (Lipinski definition) is 3. The number of hydrogen-bond donors (Lipinski definition) is 1. The third-order valence-corrected chi connectivity index (χ3v) is 3.43. The molecule has 0 bridgehead atoms. The molecular formula is C12H23N3O. The fraction of sp³-hybridized carbons (Fsp3) is 0.917. The highest BCUT2D eigenvalue weighted by Gasteiger charge is 2.27. The number of nitrogens with two attached hydrogens (primary N) is 1. The molecule has 0 spiro atoms. The Kier molecular flexibility index (Phi) is 3.82. The van der Waals surface area contributed by atoms with Crippen molar-refractivity contribution in [2.75, 3.05) is 32.7 Å². The fourth-order valence-corrected chi connectivity index (χ4v) is 2.25. The van der Waals surface area contributed by atoms with Crippen LogP contribution in [0.15, 0.2) is 0 Å². The van der Waals surface area contributed by atoms with E-state index in [-0.39, 0.29) is 11.9 Å². The Bertz CT molecular complexity index is 243. The van der Waals surface area contributed by atoms with Crippen molar-refractivity contribution in [2.45, 2.75) is 32.2 Å². The van der Waals surface area contributed by atoms with E-state index in [0.717, 1.165) is 32.1 Å². The van der Waals surface area contributed by atoms with Crippen molar-refractivity contribution < 1.29 is 4.79 Å². The van der Waals surface area contributed by atoms with Crippen molar-refractivity contribution in [1.29, 1.82) is 0 Å². The molecule has 0 aromatic carbocycles. The second-order valence-electron chi connectivity index (χ2n) is 5.31. The number of carbonyl (C=O) groups excluding carboxylic acids is 1. The molecule has 16 heavy (non-hydrogen) atoms. The molecule has 4 heteroatoms. The van der Waals surface area contributed by atoms with Gasteiger partial charge in [-0.2, -0.15) is 0 Å². The molecule has 0 aromatic heterocycles. The summed E-state index contributed by atoms with van der Waals surface area (Å²) in [5.41, 5.74) is 5.64. The third kappa shape index (κ3) is 3.46. The highest BCUT2D eigenvalue weighted by atomic mass is 16.2. The summed E-state index contributed by atoms with van der Waals surface area (Å²) < 4.78 is 0. The van der Waals surface area contributed by atoms with Gasteiger partial charge in [0, 0.05) is 45.2 Å². The maximum absolute atomic E-state index is 11.8. The summed E-state index contributed by atoms with van der Waals surface area (Å²) in [4.78, 5) is 16.2. The molecule has 2 fully saturated rings. The molecule has 1 atom stereocenters. The molecule has 2 aliphatic rings. The maximum Gasteiger partial charge on any atom is 0.224 e. The first-order chi connectivity index (χ1) is 7.65. The molecule has 1 heterocycles. The van der Waals surface area contributed by atoms with Gasteiger partial charge < -0.3 is 10.6 Å². The zero-order valence-corrected chi connectivity index (χ0v) is 10.2. The van der Waals surface area contributed by atoms with Gasteiger partial charge in [0.2, 0.25) is 5.91 Å². The number of rotatable bonds is 4. The summed E-state index contributed by atoms with van der Waals surface area (Å²) in [6.07, 6.45) is 3.30. The molecule has 92 valence electrons. The quantitative estimate of drug-likeness (QED) is 0.747. The van der Waals surface area contributed by atoms with Crippen molar-refractivity contribution in [1.82, 2.24) is 9.80 Å². The first-order valence-electron chi connectivity index (χ1n) is 6.41. The molecular weight excluding hydrogens is 202 g/mol. The largest absolute Gasteiger partial charge is 0.340 e. The van der Waals surface area contributed by atoms with Crippen LogP contribution in [0.4, 0.5) is 0 Å². The Labute approximate surface area is 97.8 Å². The number of amides is 1. The van der Waals surface area contributed by atoms with Crippen molar-refractivity contribution in [3.63, 3.8) is 0 Å². The summed E-state index contributed by atoms with van der Waals surface area (Å²) in [7, 11) is 0. The Hall–Kier alpha value is -0.610. The molecule has 0 radical (unpaired) electrons. The van der Waals surface area contributed by atoms with E-state index in [0.29, 0.717) is 6.42 Å². The van der Waals surface area contributed by atoms with E-state index in [9.17, 15) is 4.79 Å². The highest BCUT2D eigenvalue weighted by molar-refractivity contribution is 5.76. The molecule has 4 nitrogen and oxygen atoms in total. The lowest BCUT2D eigenvalue weighted by molar-refractivity contribution is -0.133. The zero-order chi connectivity index (χ0) is 11.5. The minimum atomic E-state index is -0.0167. The fourth-order valence-electron chi connectivity index (χ4n) is 2.25. The Balaban J connectivity index is 1.69. The van der Waals surface area contributed by atoms with Crippen LogP contribution in [-0.2, 0) is 4.79 Å². The van der Waals surface area contributed by atoms with Gasteiger partial charge in [0.05, 0.1) is 0 Å². The topological polar surface area (TPSA) is 49.6 Å². The molecule has 1 amide bonds. The zero-order valence-electron chi connectivity index (χ0n) is 10.2. The van der Waals surface area contributed by atoms with E-state index in [2.05, 4.69) is 4.90 Å². The van der Waals surface area contributed by atoms with E-state index < -0.39 is 0 Å². The molecule has 2 rings (SSSR count). The average Bonchev–Trinajstić information content (AvgIpc) is 3.01. The monoisotopic (exact) mass is 225 g/mol. The van der Waals surface area contributed by atoms with E-state index in [1.807, 2.05) is 11.8 Å². The third-order valence-electron chi connectivity index (χ3n) is 3.43. The lowest BCUT2D eigenvalue weighted by Gasteiger charge is -2.35. The summed E-state index contributed by atoms with van der Waals surface area (Å²) in [6.45, 7) is 7.00. The molecule has 1 saturated heterocycles. The van der Waals surface area contributed by atoms with Crippen LogP contribution in [0.3, 0.4) is 0 Å². The first-order valence-corrected chi connectivity index (χ1v) is 6.41. The van der Waals surface area contributed by atoms with Crippen LogP contribution in [0.5, 0.6) is 0 Å². The van der Waals surface area contributed by atoms with E-state index in [1.54, 1.807) is 0 Å². The lowest BCUT2D eigenvalue weighted by Crippen LogP contribution is -2.49. The summed E-state index contributed by atoms with van der Waals surface area (Å²) in [5, 5.41) is 0. The SMILES string of the molecule is CC(N)CC(=O)N1CCN(CC2CC2)CC1. The minimum absolute atomic E-state index is 0.0167. The predicted molar refractivity (Wildman–Crippen MR) is 64.0 cm³/mol. The summed E-state index contributed by atoms with van der Waals surface area (Å²) >= 11 is 0. The maximum atomic E-state index is 11.8. The molecule has 2 N–H and O–H groups in total. The Morgan fingerprint density at radius 2 is 1.94 bits per heavy atom. The van der Waals surface area contributed by atoms with Crippen molar-refractivity contribution in [2.24, 2.45) is 11.7 Å². The van der Waals surface area contributed by atoms with Crippen LogP contribution in [0.25, 0.3) is 0 Å². The van der Waals surface area contributed by atoms with E-state index >= 15 is 0 Å². The molecule has 1 saturated carbocycles. The number of nitrogens with zero attached hydrogens (tertiary/aromatic N) is 2. The molecule has 1 unspecified atom stereocenters. The van der Waals surface area contributed by atoms with Crippen LogP contribution < -0.4 is 5.73 Å². The van der Waals surface area contributed by atoms with Gasteiger partial charge in [-0.3, -0.25) is 9.69 Å². The first kappa shape index (κ1) is 11.9. The van der Waals surface area contributed by atoms with Gasteiger partial charge in [0.1, 0.15) is 0 Å². The molecule has 1 aliphatic carbocycles. The van der Waals surface area contributed by atoms with Crippen LogP contribution >= 0.6 is 0 Å². The lowest BCUT2D eigenvalue weighted by atomic mass is 10.2. The standard InChI is InChI=1S/C12H23N3O/c1-10(13)8-12(16)15-6-4-14(5-7-15)9-11-2-3-11/h10-11H,2-9,13H2,1H3. The number of carbonyl (C=O) groups is 1. The second-order valence-corrected chi connectivity index (χ2v) is 5.31. The smallest absolute Gasteiger partial charge is 0.224 e. The Morgan fingerprint density at radius 1 is 1.31 bits per heavy atom. The van der Waals surface area contributed by atoms with Crippen LogP contribution in [0, 0.1) is 5.92 Å². The van der Waals surface area contributed by atoms with E-state index in [1.165, 1.54) is 19.4 Å². The minimum Gasteiger partial charge on any atom is -0.340 e. The molecule has 1 aliphatic heterocycles. The van der Waals surface area contributed by atoms with Gasteiger partial charge in [-0.15, -0.1) is 0 Å². The average molecular weight is 225 g/mol. The van der Waals surface area contributed by atoms with Crippen LogP contribution in [0.1, 0.15) is 26.2 Å². The van der Waals surface area contributed by atoms with Gasteiger partial charge in [0.15, 0.2) is 0 Å².